The highest BCUT2D eigenvalue weighted by atomic mass is 16.5. The molecule has 0 bridgehead atoms. The summed E-state index contributed by atoms with van der Waals surface area (Å²) >= 11 is 0. The third-order valence-electron chi connectivity index (χ3n) is 3.04. The third-order valence-corrected chi connectivity index (χ3v) is 3.04. The van der Waals surface area contributed by atoms with Crippen molar-refractivity contribution in [3.63, 3.8) is 0 Å². The minimum absolute atomic E-state index is 0.834. The molecular formula is C15H14N2O. The fraction of sp³-hybridized carbons (Fsp3) is 0.133. The minimum Gasteiger partial charge on any atom is -0.497 e. The van der Waals surface area contributed by atoms with Crippen LogP contribution in [0.25, 0.3) is 16.7 Å². The van der Waals surface area contributed by atoms with Crippen LogP contribution in [0.4, 0.5) is 0 Å². The lowest BCUT2D eigenvalue weighted by atomic mass is 10.2. The van der Waals surface area contributed by atoms with Gasteiger partial charge in [-0.15, -0.1) is 0 Å². The second kappa shape index (κ2) is 4.18. The van der Waals surface area contributed by atoms with Crippen molar-refractivity contribution in [3.8, 4) is 11.4 Å². The first-order valence-corrected chi connectivity index (χ1v) is 5.88. The first kappa shape index (κ1) is 10.8. The largest absolute Gasteiger partial charge is 0.497 e. The van der Waals surface area contributed by atoms with Gasteiger partial charge in [-0.05, 0) is 31.2 Å². The first-order chi connectivity index (χ1) is 8.79. The fourth-order valence-electron chi connectivity index (χ4n) is 2.21. The number of hydrogen-bond donors (Lipinski definition) is 0. The second-order valence-electron chi connectivity index (χ2n) is 4.18. The Kier molecular flexibility index (Phi) is 2.52. The van der Waals surface area contributed by atoms with Crippen LogP contribution in [-0.4, -0.2) is 16.7 Å². The van der Waals surface area contributed by atoms with Gasteiger partial charge in [-0.3, -0.25) is 4.57 Å². The van der Waals surface area contributed by atoms with E-state index in [1.807, 2.05) is 43.3 Å². The van der Waals surface area contributed by atoms with E-state index in [0.717, 1.165) is 28.3 Å². The van der Waals surface area contributed by atoms with Crippen LogP contribution in [-0.2, 0) is 0 Å². The molecule has 0 aliphatic rings. The maximum Gasteiger partial charge on any atom is 0.121 e. The molecule has 0 unspecified atom stereocenters. The molecule has 0 saturated heterocycles. The summed E-state index contributed by atoms with van der Waals surface area (Å²) in [7, 11) is 1.67. The number of hydrogen-bond acceptors (Lipinski definition) is 2. The molecule has 0 amide bonds. The molecule has 0 saturated carbocycles. The molecule has 0 atom stereocenters. The number of nitrogens with zero attached hydrogens (tertiary/aromatic N) is 2. The average Bonchev–Trinajstić information content (AvgIpc) is 2.74. The van der Waals surface area contributed by atoms with Crippen LogP contribution >= 0.6 is 0 Å². The Balaban J connectivity index is 2.27. The van der Waals surface area contributed by atoms with Gasteiger partial charge in [0.2, 0.25) is 0 Å². The Bertz CT molecular complexity index is 686. The van der Waals surface area contributed by atoms with Crippen LogP contribution in [0, 0.1) is 6.92 Å². The van der Waals surface area contributed by atoms with Crippen LogP contribution in [0.1, 0.15) is 5.82 Å². The van der Waals surface area contributed by atoms with Gasteiger partial charge in [0.15, 0.2) is 0 Å². The number of rotatable bonds is 2. The highest BCUT2D eigenvalue weighted by molar-refractivity contribution is 5.79. The lowest BCUT2D eigenvalue weighted by Gasteiger charge is -2.06. The Morgan fingerprint density at radius 2 is 1.83 bits per heavy atom. The molecule has 0 N–H and O–H groups in total. The molecule has 3 heteroatoms. The minimum atomic E-state index is 0.834. The molecule has 0 spiro atoms. The number of aromatic nitrogens is 2. The molecule has 0 aliphatic carbocycles. The summed E-state index contributed by atoms with van der Waals surface area (Å²) in [6.07, 6.45) is 0. The van der Waals surface area contributed by atoms with E-state index < -0.39 is 0 Å². The van der Waals surface area contributed by atoms with Crippen molar-refractivity contribution in [2.45, 2.75) is 6.92 Å². The lowest BCUT2D eigenvalue weighted by Crippen LogP contribution is -1.95. The zero-order valence-corrected chi connectivity index (χ0v) is 10.4. The van der Waals surface area contributed by atoms with Crippen LogP contribution in [0.2, 0.25) is 0 Å². The van der Waals surface area contributed by atoms with Gasteiger partial charge >= 0.3 is 0 Å². The number of aryl methyl sites for hydroxylation is 1. The van der Waals surface area contributed by atoms with E-state index in [9.17, 15) is 0 Å². The van der Waals surface area contributed by atoms with Crippen molar-refractivity contribution >= 4 is 11.0 Å². The zero-order chi connectivity index (χ0) is 12.5. The molecule has 1 heterocycles. The van der Waals surface area contributed by atoms with Crippen LogP contribution < -0.4 is 4.74 Å². The monoisotopic (exact) mass is 238 g/mol. The Hall–Kier alpha value is -2.29. The maximum absolute atomic E-state index is 5.23. The van der Waals surface area contributed by atoms with Crippen molar-refractivity contribution in [1.82, 2.24) is 9.55 Å². The Morgan fingerprint density at radius 3 is 2.56 bits per heavy atom. The van der Waals surface area contributed by atoms with Crippen molar-refractivity contribution in [3.05, 3.63) is 54.4 Å². The van der Waals surface area contributed by atoms with Crippen molar-refractivity contribution in [2.24, 2.45) is 0 Å². The van der Waals surface area contributed by atoms with E-state index in [1.54, 1.807) is 7.11 Å². The summed E-state index contributed by atoms with van der Waals surface area (Å²) in [5.41, 5.74) is 3.18. The normalized spacial score (nSPS) is 10.8. The van der Waals surface area contributed by atoms with E-state index >= 15 is 0 Å². The topological polar surface area (TPSA) is 27.1 Å². The van der Waals surface area contributed by atoms with Gasteiger partial charge in [-0.25, -0.2) is 4.98 Å². The van der Waals surface area contributed by atoms with E-state index in [4.69, 9.17) is 4.74 Å². The number of methoxy groups -OCH3 is 1. The van der Waals surface area contributed by atoms with Gasteiger partial charge in [-0.2, -0.15) is 0 Å². The average molecular weight is 238 g/mol. The number of fused-ring (bicyclic) bond motifs is 1. The molecule has 1 aromatic heterocycles. The zero-order valence-electron chi connectivity index (χ0n) is 10.4. The van der Waals surface area contributed by atoms with Crippen molar-refractivity contribution < 1.29 is 4.74 Å². The molecule has 0 fully saturated rings. The fourth-order valence-corrected chi connectivity index (χ4v) is 2.21. The van der Waals surface area contributed by atoms with Gasteiger partial charge in [0.1, 0.15) is 11.6 Å². The summed E-state index contributed by atoms with van der Waals surface area (Å²) in [4.78, 5) is 4.58. The SMILES string of the molecule is COc1ccc2c(c1)nc(C)n2-c1ccccc1. The Morgan fingerprint density at radius 1 is 1.06 bits per heavy atom. The van der Waals surface area contributed by atoms with Gasteiger partial charge in [-0.1, -0.05) is 18.2 Å². The van der Waals surface area contributed by atoms with Gasteiger partial charge in [0, 0.05) is 11.8 Å². The van der Waals surface area contributed by atoms with Crippen LogP contribution in [0.3, 0.4) is 0 Å². The second-order valence-corrected chi connectivity index (χ2v) is 4.18. The molecule has 18 heavy (non-hydrogen) atoms. The molecular weight excluding hydrogens is 224 g/mol. The molecule has 3 nitrogen and oxygen atoms in total. The summed E-state index contributed by atoms with van der Waals surface area (Å²) in [5, 5.41) is 0. The van der Waals surface area contributed by atoms with Gasteiger partial charge < -0.3 is 4.74 Å². The van der Waals surface area contributed by atoms with Crippen molar-refractivity contribution in [1.29, 1.82) is 0 Å². The number of ether oxygens (including phenoxy) is 1. The number of imidazole rings is 1. The summed E-state index contributed by atoms with van der Waals surface area (Å²) in [5.74, 6) is 1.81. The predicted molar refractivity (Wildman–Crippen MR) is 72.4 cm³/mol. The van der Waals surface area contributed by atoms with E-state index in [0.29, 0.717) is 0 Å². The molecule has 90 valence electrons. The van der Waals surface area contributed by atoms with E-state index in [-0.39, 0.29) is 0 Å². The van der Waals surface area contributed by atoms with Gasteiger partial charge in [0.05, 0.1) is 18.1 Å². The first-order valence-electron chi connectivity index (χ1n) is 5.88. The van der Waals surface area contributed by atoms with Gasteiger partial charge in [0.25, 0.3) is 0 Å². The van der Waals surface area contributed by atoms with Crippen molar-refractivity contribution in [2.75, 3.05) is 7.11 Å². The molecule has 2 aromatic carbocycles. The molecule has 0 aliphatic heterocycles. The third kappa shape index (κ3) is 1.64. The predicted octanol–water partition coefficient (Wildman–Crippen LogP) is 3.34. The highest BCUT2D eigenvalue weighted by Gasteiger charge is 2.09. The quantitative estimate of drug-likeness (QED) is 0.684. The standard InChI is InChI=1S/C15H14N2O/c1-11-16-14-10-13(18-2)8-9-15(14)17(11)12-6-4-3-5-7-12/h3-10H,1-2H3. The number of benzene rings is 2. The number of para-hydroxylation sites is 1. The lowest BCUT2D eigenvalue weighted by molar-refractivity contribution is 0.415. The maximum atomic E-state index is 5.23. The highest BCUT2D eigenvalue weighted by Crippen LogP contribution is 2.24. The molecule has 0 radical (unpaired) electrons. The molecule has 3 aromatic rings. The van der Waals surface area contributed by atoms with Crippen LogP contribution in [0.15, 0.2) is 48.5 Å². The van der Waals surface area contributed by atoms with E-state index in [2.05, 4.69) is 21.7 Å². The summed E-state index contributed by atoms with van der Waals surface area (Å²) in [6, 6.07) is 16.2. The summed E-state index contributed by atoms with van der Waals surface area (Å²) in [6.45, 7) is 2.01. The van der Waals surface area contributed by atoms with E-state index in [1.165, 1.54) is 0 Å². The smallest absolute Gasteiger partial charge is 0.121 e. The Labute approximate surface area is 106 Å². The molecule has 3 rings (SSSR count). The summed E-state index contributed by atoms with van der Waals surface area (Å²) < 4.78 is 7.38. The van der Waals surface area contributed by atoms with Crippen LogP contribution in [0.5, 0.6) is 5.75 Å².